The molecule has 0 spiro atoms. The standard InChI is InChI=1S/C16H20N2O5/c1-2-11(8-19)17-15(21)6-4-13(20)10-3-5-14-12(7-10)18-16(22)9-23-14/h3,5,7,11,19H,2,4,6,8-9H2,1H3,(H,17,21)(H,18,22). The van der Waals surface area contributed by atoms with Gasteiger partial charge in [-0.3, -0.25) is 14.4 Å². The van der Waals surface area contributed by atoms with E-state index in [2.05, 4.69) is 10.6 Å². The number of carbonyl (C=O) groups excluding carboxylic acids is 3. The molecule has 2 rings (SSSR count). The Labute approximate surface area is 134 Å². The lowest BCUT2D eigenvalue weighted by atomic mass is 10.0. The number of ether oxygens (including phenoxy) is 1. The lowest BCUT2D eigenvalue weighted by Crippen LogP contribution is -2.37. The number of fused-ring (bicyclic) bond motifs is 1. The smallest absolute Gasteiger partial charge is 0.262 e. The number of hydrogen-bond acceptors (Lipinski definition) is 5. The molecule has 0 saturated carbocycles. The van der Waals surface area contributed by atoms with Crippen molar-refractivity contribution < 1.29 is 24.2 Å². The number of nitrogens with one attached hydrogen (secondary N) is 2. The van der Waals surface area contributed by atoms with Crippen LogP contribution in [-0.4, -0.2) is 42.0 Å². The summed E-state index contributed by atoms with van der Waals surface area (Å²) in [7, 11) is 0. The number of aliphatic hydroxyl groups is 1. The Bertz CT molecular complexity index is 610. The summed E-state index contributed by atoms with van der Waals surface area (Å²) in [5, 5.41) is 14.3. The van der Waals surface area contributed by atoms with Crippen LogP contribution < -0.4 is 15.4 Å². The summed E-state index contributed by atoms with van der Waals surface area (Å²) in [4.78, 5) is 35.2. The number of rotatable bonds is 7. The van der Waals surface area contributed by atoms with Crippen LogP contribution in [0.3, 0.4) is 0 Å². The summed E-state index contributed by atoms with van der Waals surface area (Å²) < 4.78 is 5.23. The minimum absolute atomic E-state index is 0.0378. The van der Waals surface area contributed by atoms with E-state index in [1.807, 2.05) is 6.92 Å². The second-order valence-corrected chi connectivity index (χ2v) is 5.33. The fourth-order valence-corrected chi connectivity index (χ4v) is 2.20. The third-order valence-corrected chi connectivity index (χ3v) is 3.59. The van der Waals surface area contributed by atoms with Gasteiger partial charge in [0.25, 0.3) is 5.91 Å². The molecule has 7 nitrogen and oxygen atoms in total. The second-order valence-electron chi connectivity index (χ2n) is 5.33. The minimum atomic E-state index is -0.284. The molecule has 0 bridgehead atoms. The van der Waals surface area contributed by atoms with Gasteiger partial charge in [-0.25, -0.2) is 0 Å². The predicted octanol–water partition coefficient (Wildman–Crippen LogP) is 0.867. The molecule has 0 aliphatic carbocycles. The quantitative estimate of drug-likeness (QED) is 0.647. The predicted molar refractivity (Wildman–Crippen MR) is 83.4 cm³/mol. The van der Waals surface area contributed by atoms with E-state index in [0.717, 1.165) is 0 Å². The summed E-state index contributed by atoms with van der Waals surface area (Å²) >= 11 is 0. The number of anilines is 1. The van der Waals surface area contributed by atoms with Crippen LogP contribution in [0.1, 0.15) is 36.5 Å². The molecule has 1 aliphatic heterocycles. The maximum atomic E-state index is 12.2. The number of amides is 2. The first-order valence-corrected chi connectivity index (χ1v) is 7.53. The Morgan fingerprint density at radius 3 is 2.87 bits per heavy atom. The molecule has 2 amide bonds. The maximum absolute atomic E-state index is 12.2. The van der Waals surface area contributed by atoms with Crippen LogP contribution in [0.15, 0.2) is 18.2 Å². The van der Waals surface area contributed by atoms with Gasteiger partial charge in [0.2, 0.25) is 5.91 Å². The fraction of sp³-hybridized carbons (Fsp3) is 0.438. The van der Waals surface area contributed by atoms with E-state index in [1.54, 1.807) is 18.2 Å². The summed E-state index contributed by atoms with van der Waals surface area (Å²) in [6.45, 7) is 1.69. The first-order valence-electron chi connectivity index (χ1n) is 7.53. The van der Waals surface area contributed by atoms with Crippen LogP contribution in [0.2, 0.25) is 0 Å². The molecule has 7 heteroatoms. The van der Waals surface area contributed by atoms with Gasteiger partial charge in [-0.2, -0.15) is 0 Å². The highest BCUT2D eigenvalue weighted by molar-refractivity contribution is 6.01. The zero-order valence-corrected chi connectivity index (χ0v) is 12.9. The van der Waals surface area contributed by atoms with Crippen molar-refractivity contribution in [3.63, 3.8) is 0 Å². The van der Waals surface area contributed by atoms with Gasteiger partial charge in [0.05, 0.1) is 18.3 Å². The Morgan fingerprint density at radius 1 is 1.39 bits per heavy atom. The van der Waals surface area contributed by atoms with Gasteiger partial charge >= 0.3 is 0 Å². The Hall–Kier alpha value is -2.41. The largest absolute Gasteiger partial charge is 0.482 e. The Kier molecular flexibility index (Phi) is 5.70. The van der Waals surface area contributed by atoms with Crippen molar-refractivity contribution in [1.29, 1.82) is 0 Å². The lowest BCUT2D eigenvalue weighted by Gasteiger charge is -2.18. The van der Waals surface area contributed by atoms with E-state index in [4.69, 9.17) is 9.84 Å². The monoisotopic (exact) mass is 320 g/mol. The number of benzene rings is 1. The van der Waals surface area contributed by atoms with Crippen LogP contribution in [0.5, 0.6) is 5.75 Å². The normalized spacial score (nSPS) is 14.3. The van der Waals surface area contributed by atoms with Crippen molar-refractivity contribution in [2.24, 2.45) is 0 Å². The zero-order chi connectivity index (χ0) is 16.8. The van der Waals surface area contributed by atoms with Crippen molar-refractivity contribution in [1.82, 2.24) is 5.32 Å². The molecule has 0 fully saturated rings. The Balaban J connectivity index is 1.92. The van der Waals surface area contributed by atoms with Gasteiger partial charge in [-0.1, -0.05) is 6.92 Å². The van der Waals surface area contributed by atoms with E-state index in [-0.39, 0.29) is 49.7 Å². The van der Waals surface area contributed by atoms with E-state index < -0.39 is 0 Å². The lowest BCUT2D eigenvalue weighted by molar-refractivity contribution is -0.122. The molecule has 1 unspecified atom stereocenters. The Morgan fingerprint density at radius 2 is 2.17 bits per heavy atom. The van der Waals surface area contributed by atoms with Crippen molar-refractivity contribution >= 4 is 23.3 Å². The number of ketones is 1. The van der Waals surface area contributed by atoms with E-state index >= 15 is 0 Å². The van der Waals surface area contributed by atoms with E-state index in [1.165, 1.54) is 0 Å². The molecule has 1 aromatic carbocycles. The van der Waals surface area contributed by atoms with Gasteiger partial charge in [0.1, 0.15) is 5.75 Å². The third-order valence-electron chi connectivity index (χ3n) is 3.59. The zero-order valence-electron chi connectivity index (χ0n) is 12.9. The van der Waals surface area contributed by atoms with Crippen molar-refractivity contribution in [2.75, 3.05) is 18.5 Å². The molecule has 1 heterocycles. The fourth-order valence-electron chi connectivity index (χ4n) is 2.20. The van der Waals surface area contributed by atoms with Crippen molar-refractivity contribution in [3.8, 4) is 5.75 Å². The molecule has 124 valence electrons. The average molecular weight is 320 g/mol. The summed E-state index contributed by atoms with van der Waals surface area (Å²) in [5.41, 5.74) is 0.874. The van der Waals surface area contributed by atoms with Crippen LogP contribution >= 0.6 is 0 Å². The van der Waals surface area contributed by atoms with Gasteiger partial charge in [-0.05, 0) is 24.6 Å². The minimum Gasteiger partial charge on any atom is -0.482 e. The highest BCUT2D eigenvalue weighted by Crippen LogP contribution is 2.28. The molecular weight excluding hydrogens is 300 g/mol. The van der Waals surface area contributed by atoms with Crippen LogP contribution in [0, 0.1) is 0 Å². The molecule has 0 radical (unpaired) electrons. The average Bonchev–Trinajstić information content (AvgIpc) is 2.56. The number of aliphatic hydroxyl groups excluding tert-OH is 1. The first kappa shape index (κ1) is 17.0. The summed E-state index contributed by atoms with van der Waals surface area (Å²) in [6.07, 6.45) is 0.733. The number of hydrogen-bond donors (Lipinski definition) is 3. The van der Waals surface area contributed by atoms with Crippen molar-refractivity contribution in [3.05, 3.63) is 23.8 Å². The molecule has 0 saturated heterocycles. The highest BCUT2D eigenvalue weighted by atomic mass is 16.5. The van der Waals surface area contributed by atoms with E-state index in [0.29, 0.717) is 23.4 Å². The maximum Gasteiger partial charge on any atom is 0.262 e. The van der Waals surface area contributed by atoms with Crippen LogP contribution in [-0.2, 0) is 9.59 Å². The van der Waals surface area contributed by atoms with Gasteiger partial charge in [0, 0.05) is 18.4 Å². The van der Waals surface area contributed by atoms with Gasteiger partial charge in [0.15, 0.2) is 12.4 Å². The number of Topliss-reactive ketones (excluding diaryl/α,β-unsaturated/α-hetero) is 1. The van der Waals surface area contributed by atoms with Crippen molar-refractivity contribution in [2.45, 2.75) is 32.2 Å². The molecule has 1 aliphatic rings. The molecule has 23 heavy (non-hydrogen) atoms. The SMILES string of the molecule is CCC(CO)NC(=O)CCC(=O)c1ccc2c(c1)NC(=O)CO2. The molecule has 3 N–H and O–H groups in total. The highest BCUT2D eigenvalue weighted by Gasteiger charge is 2.18. The van der Waals surface area contributed by atoms with Crippen LogP contribution in [0.25, 0.3) is 0 Å². The topological polar surface area (TPSA) is 105 Å². The first-order chi connectivity index (χ1) is 11.0. The molecule has 1 atom stereocenters. The summed E-state index contributed by atoms with van der Waals surface area (Å²) in [5.74, 6) is -0.211. The van der Waals surface area contributed by atoms with Crippen LogP contribution in [0.4, 0.5) is 5.69 Å². The third kappa shape index (κ3) is 4.53. The molecule has 0 aromatic heterocycles. The van der Waals surface area contributed by atoms with Gasteiger partial charge < -0.3 is 20.5 Å². The van der Waals surface area contributed by atoms with E-state index in [9.17, 15) is 14.4 Å². The molecular formula is C16H20N2O5. The molecule has 1 aromatic rings. The second kappa shape index (κ2) is 7.73. The van der Waals surface area contributed by atoms with Gasteiger partial charge in [-0.15, -0.1) is 0 Å². The summed E-state index contributed by atoms with van der Waals surface area (Å²) in [6, 6.07) is 4.50. The number of carbonyl (C=O) groups is 3.